The Kier molecular flexibility index (Phi) is 8.21. The second-order valence-corrected chi connectivity index (χ2v) is 3.85. The van der Waals surface area contributed by atoms with E-state index < -0.39 is 5.97 Å². The fourth-order valence-corrected chi connectivity index (χ4v) is 1.33. The van der Waals surface area contributed by atoms with Crippen LogP contribution in [0, 0.1) is 0 Å². The molecule has 0 bridgehead atoms. The van der Waals surface area contributed by atoms with Crippen molar-refractivity contribution < 1.29 is 14.7 Å². The third-order valence-electron chi connectivity index (χ3n) is 2.34. The predicted octanol–water partition coefficient (Wildman–Crippen LogP) is 2.06. The zero-order valence-corrected chi connectivity index (χ0v) is 10.1. The molecule has 0 aliphatic heterocycles. The molecular formula is C12H21NO3. The Balaban J connectivity index is 3.67. The van der Waals surface area contributed by atoms with Gasteiger partial charge < -0.3 is 10.0 Å². The Morgan fingerprint density at radius 1 is 1.12 bits per heavy atom. The minimum absolute atomic E-state index is 0.252. The van der Waals surface area contributed by atoms with Crippen LogP contribution in [0.2, 0.25) is 0 Å². The van der Waals surface area contributed by atoms with E-state index in [4.69, 9.17) is 5.11 Å². The highest BCUT2D eigenvalue weighted by atomic mass is 16.4. The number of hydrogen-bond acceptors (Lipinski definition) is 2. The van der Waals surface area contributed by atoms with Gasteiger partial charge >= 0.3 is 5.97 Å². The molecule has 0 atom stereocenters. The molecule has 0 aromatic heterocycles. The monoisotopic (exact) mass is 227 g/mol. The molecular weight excluding hydrogens is 206 g/mol. The van der Waals surface area contributed by atoms with Crippen molar-refractivity contribution in [2.45, 2.75) is 39.0 Å². The zero-order valence-electron chi connectivity index (χ0n) is 10.1. The normalized spacial score (nSPS) is 10.6. The molecule has 4 heteroatoms. The standard InChI is InChI=1S/C12H21NO3/c1-3-4-5-6-7-10-13(2)11(14)8-9-12(15)16/h8-9H,3-7,10H2,1-2H3,(H,15,16)/b9-8+. The summed E-state index contributed by atoms with van der Waals surface area (Å²) in [5.74, 6) is -1.34. The largest absolute Gasteiger partial charge is 0.478 e. The van der Waals surface area contributed by atoms with Crippen molar-refractivity contribution in [2.75, 3.05) is 13.6 Å². The SMILES string of the molecule is CCCCCCCN(C)C(=O)/C=C/C(=O)O. The van der Waals surface area contributed by atoms with Gasteiger partial charge in [0.15, 0.2) is 0 Å². The number of amides is 1. The highest BCUT2D eigenvalue weighted by Gasteiger charge is 2.04. The third-order valence-corrected chi connectivity index (χ3v) is 2.34. The molecule has 4 nitrogen and oxygen atoms in total. The average Bonchev–Trinajstić information content (AvgIpc) is 2.25. The molecule has 0 aliphatic rings. The van der Waals surface area contributed by atoms with E-state index in [1.807, 2.05) is 0 Å². The molecule has 1 amide bonds. The number of aliphatic carboxylic acids is 1. The van der Waals surface area contributed by atoms with Crippen LogP contribution in [0.15, 0.2) is 12.2 Å². The fraction of sp³-hybridized carbons (Fsp3) is 0.667. The number of hydrogen-bond donors (Lipinski definition) is 1. The molecule has 0 spiro atoms. The lowest BCUT2D eigenvalue weighted by molar-refractivity contribution is -0.132. The molecule has 0 aromatic carbocycles. The van der Waals surface area contributed by atoms with E-state index in [1.54, 1.807) is 11.9 Å². The summed E-state index contributed by atoms with van der Waals surface area (Å²) in [5.41, 5.74) is 0. The van der Waals surface area contributed by atoms with Crippen LogP contribution < -0.4 is 0 Å². The topological polar surface area (TPSA) is 57.6 Å². The summed E-state index contributed by atoms with van der Waals surface area (Å²) in [6.45, 7) is 2.85. The highest BCUT2D eigenvalue weighted by Crippen LogP contribution is 2.03. The number of carboxylic acids is 1. The minimum Gasteiger partial charge on any atom is -0.478 e. The quantitative estimate of drug-likeness (QED) is 0.510. The van der Waals surface area contributed by atoms with Crippen molar-refractivity contribution in [1.82, 2.24) is 4.90 Å². The predicted molar refractivity (Wildman–Crippen MR) is 63.2 cm³/mol. The molecule has 0 aromatic rings. The van der Waals surface area contributed by atoms with Crippen LogP contribution in [0.25, 0.3) is 0 Å². The first-order valence-corrected chi connectivity index (χ1v) is 5.74. The van der Waals surface area contributed by atoms with Gasteiger partial charge in [0.25, 0.3) is 0 Å². The van der Waals surface area contributed by atoms with Crippen LogP contribution in [-0.4, -0.2) is 35.5 Å². The number of carbonyl (C=O) groups is 2. The van der Waals surface area contributed by atoms with E-state index in [0.717, 1.165) is 25.0 Å². The van der Waals surface area contributed by atoms with Crippen LogP contribution in [0.1, 0.15) is 39.0 Å². The van der Waals surface area contributed by atoms with Gasteiger partial charge in [0.05, 0.1) is 0 Å². The molecule has 92 valence electrons. The van der Waals surface area contributed by atoms with Gasteiger partial charge in [-0.1, -0.05) is 32.6 Å². The maximum Gasteiger partial charge on any atom is 0.328 e. The fourth-order valence-electron chi connectivity index (χ4n) is 1.33. The zero-order chi connectivity index (χ0) is 12.4. The smallest absolute Gasteiger partial charge is 0.328 e. The Bertz CT molecular complexity index is 249. The second-order valence-electron chi connectivity index (χ2n) is 3.85. The van der Waals surface area contributed by atoms with Crippen molar-refractivity contribution in [3.63, 3.8) is 0 Å². The van der Waals surface area contributed by atoms with Crippen LogP contribution in [0.5, 0.6) is 0 Å². The molecule has 0 rings (SSSR count). The molecule has 0 radical (unpaired) electrons. The van der Waals surface area contributed by atoms with Crippen molar-refractivity contribution in [3.05, 3.63) is 12.2 Å². The lowest BCUT2D eigenvalue weighted by Crippen LogP contribution is -2.26. The first kappa shape index (κ1) is 14.7. The number of rotatable bonds is 8. The summed E-state index contributed by atoms with van der Waals surface area (Å²) < 4.78 is 0. The number of carbonyl (C=O) groups excluding carboxylic acids is 1. The Hall–Kier alpha value is -1.32. The highest BCUT2D eigenvalue weighted by molar-refractivity contribution is 5.93. The van der Waals surface area contributed by atoms with Crippen molar-refractivity contribution in [3.8, 4) is 0 Å². The molecule has 0 aliphatic carbocycles. The molecule has 0 saturated carbocycles. The van der Waals surface area contributed by atoms with Gasteiger partial charge in [0.2, 0.25) is 5.91 Å². The van der Waals surface area contributed by atoms with Gasteiger partial charge in [-0.15, -0.1) is 0 Å². The number of nitrogens with zero attached hydrogens (tertiary/aromatic N) is 1. The van der Waals surface area contributed by atoms with Gasteiger partial charge in [-0.05, 0) is 6.42 Å². The molecule has 16 heavy (non-hydrogen) atoms. The van der Waals surface area contributed by atoms with Crippen LogP contribution in [0.4, 0.5) is 0 Å². The Morgan fingerprint density at radius 2 is 1.75 bits per heavy atom. The van der Waals surface area contributed by atoms with Gasteiger partial charge in [0.1, 0.15) is 0 Å². The number of carboxylic acid groups (broad SMARTS) is 1. The molecule has 0 fully saturated rings. The van der Waals surface area contributed by atoms with Crippen molar-refractivity contribution in [2.24, 2.45) is 0 Å². The number of unbranched alkanes of at least 4 members (excludes halogenated alkanes) is 4. The molecule has 0 saturated heterocycles. The number of likely N-dealkylation sites (N-methyl/N-ethyl adjacent to an activating group) is 1. The van der Waals surface area contributed by atoms with E-state index in [2.05, 4.69) is 6.92 Å². The second kappa shape index (κ2) is 8.95. The third kappa shape index (κ3) is 8.03. The van der Waals surface area contributed by atoms with Gasteiger partial charge in [-0.3, -0.25) is 4.79 Å². The van der Waals surface area contributed by atoms with Crippen LogP contribution in [0.3, 0.4) is 0 Å². The average molecular weight is 227 g/mol. The van der Waals surface area contributed by atoms with E-state index in [-0.39, 0.29) is 5.91 Å². The lowest BCUT2D eigenvalue weighted by atomic mass is 10.1. The summed E-state index contributed by atoms with van der Waals surface area (Å²) in [6.07, 6.45) is 7.69. The van der Waals surface area contributed by atoms with E-state index >= 15 is 0 Å². The molecule has 0 unspecified atom stereocenters. The Labute approximate surface area is 96.9 Å². The van der Waals surface area contributed by atoms with Crippen LogP contribution >= 0.6 is 0 Å². The summed E-state index contributed by atoms with van der Waals surface area (Å²) in [6, 6.07) is 0. The van der Waals surface area contributed by atoms with E-state index in [1.165, 1.54) is 19.3 Å². The molecule has 0 heterocycles. The maximum absolute atomic E-state index is 11.3. The first-order valence-electron chi connectivity index (χ1n) is 5.74. The van der Waals surface area contributed by atoms with E-state index in [9.17, 15) is 9.59 Å². The van der Waals surface area contributed by atoms with Crippen molar-refractivity contribution in [1.29, 1.82) is 0 Å². The van der Waals surface area contributed by atoms with Gasteiger partial charge in [0, 0.05) is 25.7 Å². The minimum atomic E-state index is -1.09. The Morgan fingerprint density at radius 3 is 2.31 bits per heavy atom. The summed E-state index contributed by atoms with van der Waals surface area (Å²) in [4.78, 5) is 23.1. The summed E-state index contributed by atoms with van der Waals surface area (Å²) in [7, 11) is 1.69. The van der Waals surface area contributed by atoms with Gasteiger partial charge in [-0.2, -0.15) is 0 Å². The maximum atomic E-state index is 11.3. The first-order chi connectivity index (χ1) is 7.57. The molecule has 1 N–H and O–H groups in total. The van der Waals surface area contributed by atoms with Crippen LogP contribution in [-0.2, 0) is 9.59 Å². The summed E-state index contributed by atoms with van der Waals surface area (Å²) in [5, 5.41) is 8.36. The van der Waals surface area contributed by atoms with Crippen molar-refractivity contribution >= 4 is 11.9 Å². The van der Waals surface area contributed by atoms with E-state index in [0.29, 0.717) is 6.54 Å². The summed E-state index contributed by atoms with van der Waals surface area (Å²) >= 11 is 0. The lowest BCUT2D eigenvalue weighted by Gasteiger charge is -2.14. The van der Waals surface area contributed by atoms with Gasteiger partial charge in [-0.25, -0.2) is 4.79 Å².